The Kier molecular flexibility index (Phi) is 8.30. The molecule has 2 heterocycles. The summed E-state index contributed by atoms with van der Waals surface area (Å²) in [6, 6.07) is 16.6. The second-order valence-corrected chi connectivity index (χ2v) is 9.19. The van der Waals surface area contributed by atoms with Crippen LogP contribution < -0.4 is 4.74 Å². The van der Waals surface area contributed by atoms with Gasteiger partial charge in [-0.1, -0.05) is 30.3 Å². The summed E-state index contributed by atoms with van der Waals surface area (Å²) in [6.07, 6.45) is 5.64. The third-order valence-electron chi connectivity index (χ3n) is 6.72. The Morgan fingerprint density at radius 2 is 1.85 bits per heavy atom. The van der Waals surface area contributed by atoms with Crippen LogP contribution in [0.3, 0.4) is 0 Å². The number of alkyl halides is 1. The van der Waals surface area contributed by atoms with Crippen LogP contribution in [0.2, 0.25) is 0 Å². The molecule has 1 aliphatic heterocycles. The molecule has 0 aliphatic carbocycles. The van der Waals surface area contributed by atoms with Crippen molar-refractivity contribution in [3.05, 3.63) is 71.4 Å². The molecule has 0 spiro atoms. The molecule has 0 radical (unpaired) electrons. The van der Waals surface area contributed by atoms with Crippen LogP contribution in [-0.2, 0) is 17.8 Å². The van der Waals surface area contributed by atoms with Crippen LogP contribution >= 0.6 is 11.6 Å². The van der Waals surface area contributed by atoms with Gasteiger partial charge in [0.1, 0.15) is 5.75 Å². The highest BCUT2D eigenvalue weighted by molar-refractivity contribution is 6.17. The zero-order valence-corrected chi connectivity index (χ0v) is 20.9. The Bertz CT molecular complexity index is 1150. The van der Waals surface area contributed by atoms with Crippen molar-refractivity contribution in [2.45, 2.75) is 26.3 Å². The van der Waals surface area contributed by atoms with E-state index in [1.165, 1.54) is 22.2 Å². The predicted octanol–water partition coefficient (Wildman–Crippen LogP) is 4.99. The number of hydrogen-bond acceptors (Lipinski definition) is 3. The Morgan fingerprint density at radius 3 is 2.62 bits per heavy atom. The van der Waals surface area contributed by atoms with Gasteiger partial charge in [0.05, 0.1) is 7.11 Å². The molecule has 1 amide bonds. The highest BCUT2D eigenvalue weighted by Crippen LogP contribution is 2.27. The number of para-hydroxylation sites is 1. The van der Waals surface area contributed by atoms with Crippen LogP contribution in [0.25, 0.3) is 17.0 Å². The van der Waals surface area contributed by atoms with Crippen LogP contribution in [0.4, 0.5) is 0 Å². The van der Waals surface area contributed by atoms with Crippen LogP contribution in [-0.4, -0.2) is 66.0 Å². The van der Waals surface area contributed by atoms with Gasteiger partial charge < -0.3 is 14.2 Å². The number of piperazine rings is 1. The molecule has 1 fully saturated rings. The van der Waals surface area contributed by atoms with E-state index in [9.17, 15) is 4.79 Å². The van der Waals surface area contributed by atoms with E-state index in [-0.39, 0.29) is 5.91 Å². The van der Waals surface area contributed by atoms with Gasteiger partial charge in [-0.2, -0.15) is 0 Å². The summed E-state index contributed by atoms with van der Waals surface area (Å²) in [4.78, 5) is 17.3. The summed E-state index contributed by atoms with van der Waals surface area (Å²) >= 11 is 5.94. The van der Waals surface area contributed by atoms with E-state index in [1.54, 1.807) is 13.2 Å². The Balaban J connectivity index is 1.35. The van der Waals surface area contributed by atoms with Gasteiger partial charge in [-0.25, -0.2) is 0 Å². The summed E-state index contributed by atoms with van der Waals surface area (Å²) in [5.74, 6) is 1.63. The van der Waals surface area contributed by atoms with Gasteiger partial charge in [-0.05, 0) is 49.6 Å². The van der Waals surface area contributed by atoms with Gasteiger partial charge in [-0.3, -0.25) is 9.69 Å². The van der Waals surface area contributed by atoms with Crippen molar-refractivity contribution >= 4 is 34.5 Å². The molecule has 0 N–H and O–H groups in total. The van der Waals surface area contributed by atoms with Crippen molar-refractivity contribution in [2.75, 3.05) is 45.7 Å². The molecule has 0 atom stereocenters. The number of hydrogen-bond donors (Lipinski definition) is 0. The molecule has 180 valence electrons. The third kappa shape index (κ3) is 5.65. The van der Waals surface area contributed by atoms with E-state index in [0.717, 1.165) is 63.4 Å². The minimum Gasteiger partial charge on any atom is -0.497 e. The number of benzene rings is 2. The lowest BCUT2D eigenvalue weighted by atomic mass is 10.1. The number of rotatable bonds is 9. The fourth-order valence-electron chi connectivity index (χ4n) is 4.74. The molecule has 1 saturated heterocycles. The maximum atomic E-state index is 12.9. The normalized spacial score (nSPS) is 14.9. The molecule has 3 aromatic rings. The Hall–Kier alpha value is -2.76. The van der Waals surface area contributed by atoms with Crippen molar-refractivity contribution in [3.8, 4) is 5.75 Å². The molecule has 6 heteroatoms. The monoisotopic (exact) mass is 479 g/mol. The lowest BCUT2D eigenvalue weighted by Crippen LogP contribution is -2.48. The smallest absolute Gasteiger partial charge is 0.246 e. The molecule has 0 unspecified atom stereocenters. The number of aromatic nitrogens is 1. The molecule has 5 nitrogen and oxygen atoms in total. The summed E-state index contributed by atoms with van der Waals surface area (Å²) in [7, 11) is 1.70. The fraction of sp³-hybridized carbons (Fsp3) is 0.393. The van der Waals surface area contributed by atoms with Crippen molar-refractivity contribution in [3.63, 3.8) is 0 Å². The molecule has 0 saturated carbocycles. The molecule has 0 bridgehead atoms. The highest BCUT2D eigenvalue weighted by atomic mass is 35.5. The number of ether oxygens (including phenoxy) is 1. The Labute approximate surface area is 207 Å². The second kappa shape index (κ2) is 11.6. The minimum atomic E-state index is 0.0874. The quantitative estimate of drug-likeness (QED) is 0.320. The Morgan fingerprint density at radius 1 is 1.06 bits per heavy atom. The van der Waals surface area contributed by atoms with Crippen LogP contribution in [0, 0.1) is 6.92 Å². The van der Waals surface area contributed by atoms with E-state index >= 15 is 0 Å². The standard InChI is InChI=1S/C28H34ClN3O2/c1-22-25(26-9-3-4-10-27(26)32(22)15-6-14-29)11-12-28(33)31-19-17-30(18-20-31)16-13-23-7-5-8-24(21-23)34-2/h3-5,7-12,21H,6,13-20H2,1-2H3/b12-11+. The van der Waals surface area contributed by atoms with Crippen molar-refractivity contribution in [1.29, 1.82) is 0 Å². The molecule has 4 rings (SSSR count). The van der Waals surface area contributed by atoms with E-state index in [2.05, 4.69) is 52.8 Å². The topological polar surface area (TPSA) is 37.7 Å². The highest BCUT2D eigenvalue weighted by Gasteiger charge is 2.20. The zero-order chi connectivity index (χ0) is 23.9. The second-order valence-electron chi connectivity index (χ2n) is 8.81. The first-order chi connectivity index (χ1) is 16.6. The fourth-order valence-corrected chi connectivity index (χ4v) is 4.86. The van der Waals surface area contributed by atoms with Gasteiger partial charge >= 0.3 is 0 Å². The van der Waals surface area contributed by atoms with Crippen LogP contribution in [0.1, 0.15) is 23.2 Å². The number of methoxy groups -OCH3 is 1. The van der Waals surface area contributed by atoms with Gasteiger partial charge in [0.15, 0.2) is 0 Å². The largest absolute Gasteiger partial charge is 0.497 e. The van der Waals surface area contributed by atoms with Crippen LogP contribution in [0.5, 0.6) is 5.75 Å². The van der Waals surface area contributed by atoms with Crippen molar-refractivity contribution in [2.24, 2.45) is 0 Å². The van der Waals surface area contributed by atoms with Crippen molar-refractivity contribution in [1.82, 2.24) is 14.4 Å². The van der Waals surface area contributed by atoms with Crippen molar-refractivity contribution < 1.29 is 9.53 Å². The summed E-state index contributed by atoms with van der Waals surface area (Å²) in [6.45, 7) is 7.33. The molecule has 2 aromatic carbocycles. The summed E-state index contributed by atoms with van der Waals surface area (Å²) in [5.41, 5.74) is 4.77. The zero-order valence-electron chi connectivity index (χ0n) is 20.2. The van der Waals surface area contributed by atoms with E-state index in [0.29, 0.717) is 5.88 Å². The molecular weight excluding hydrogens is 446 g/mol. The maximum absolute atomic E-state index is 12.9. The number of carbonyl (C=O) groups is 1. The molecular formula is C28H34ClN3O2. The molecule has 1 aliphatic rings. The number of fused-ring (bicyclic) bond motifs is 1. The molecule has 1 aromatic heterocycles. The van der Waals surface area contributed by atoms with Gasteiger partial charge in [0.25, 0.3) is 0 Å². The number of amides is 1. The summed E-state index contributed by atoms with van der Waals surface area (Å²) < 4.78 is 7.63. The first-order valence-electron chi connectivity index (χ1n) is 12.1. The van der Waals surface area contributed by atoms with E-state index in [4.69, 9.17) is 16.3 Å². The lowest BCUT2D eigenvalue weighted by molar-refractivity contribution is -0.127. The number of halogens is 1. The number of nitrogens with zero attached hydrogens (tertiary/aromatic N) is 3. The number of aryl methyl sites for hydroxylation is 1. The predicted molar refractivity (Wildman–Crippen MR) is 141 cm³/mol. The summed E-state index contributed by atoms with van der Waals surface area (Å²) in [5, 5.41) is 1.18. The van der Waals surface area contributed by atoms with Gasteiger partial charge in [0.2, 0.25) is 5.91 Å². The first-order valence-corrected chi connectivity index (χ1v) is 12.6. The first kappa shape index (κ1) is 24.4. The van der Waals surface area contributed by atoms with Crippen LogP contribution in [0.15, 0.2) is 54.6 Å². The van der Waals surface area contributed by atoms with Gasteiger partial charge in [-0.15, -0.1) is 11.6 Å². The average Bonchev–Trinajstić information content (AvgIpc) is 3.15. The average molecular weight is 480 g/mol. The third-order valence-corrected chi connectivity index (χ3v) is 6.99. The van der Waals surface area contributed by atoms with Gasteiger partial charge in [0, 0.05) is 73.4 Å². The minimum absolute atomic E-state index is 0.0874. The van der Waals surface area contributed by atoms with E-state index < -0.39 is 0 Å². The molecule has 34 heavy (non-hydrogen) atoms. The maximum Gasteiger partial charge on any atom is 0.246 e. The SMILES string of the molecule is COc1cccc(CCN2CCN(C(=O)/C=C/c3c(C)n(CCCCl)c4ccccc34)CC2)c1. The lowest BCUT2D eigenvalue weighted by Gasteiger charge is -2.34. The number of carbonyl (C=O) groups excluding carboxylic acids is 1. The van der Waals surface area contributed by atoms with E-state index in [1.807, 2.05) is 23.1 Å².